The van der Waals surface area contributed by atoms with E-state index >= 15 is 0 Å². The molecule has 0 aromatic heterocycles. The Hall–Kier alpha value is -2.24. The van der Waals surface area contributed by atoms with Crippen LogP contribution >= 0.6 is 23.2 Å². The molecule has 2 aromatic rings. The third kappa shape index (κ3) is 6.65. The first-order valence-corrected chi connectivity index (χ1v) is 10.1. The number of methoxy groups -OCH3 is 1. The molecule has 0 bridgehead atoms. The molecule has 5 nitrogen and oxygen atoms in total. The summed E-state index contributed by atoms with van der Waals surface area (Å²) in [6.45, 7) is 5.74. The monoisotopic (exact) mass is 436 g/mol. The van der Waals surface area contributed by atoms with Crippen LogP contribution in [0.2, 0.25) is 10.0 Å². The Morgan fingerprint density at radius 1 is 1.00 bits per heavy atom. The molecule has 0 heterocycles. The highest BCUT2D eigenvalue weighted by Gasteiger charge is 2.26. The van der Waals surface area contributed by atoms with Crippen LogP contribution in [0, 0.1) is 0 Å². The van der Waals surface area contributed by atoms with Crippen molar-refractivity contribution in [1.82, 2.24) is 10.2 Å². The molecule has 0 spiro atoms. The van der Waals surface area contributed by atoms with Gasteiger partial charge in [-0.05, 0) is 56.2 Å². The first-order valence-electron chi connectivity index (χ1n) is 9.38. The number of nitrogens with zero attached hydrogens (tertiary/aromatic N) is 1. The molecule has 0 aliphatic rings. The van der Waals surface area contributed by atoms with E-state index in [2.05, 4.69) is 5.32 Å². The lowest BCUT2D eigenvalue weighted by Gasteiger charge is -2.29. The molecule has 7 heteroatoms. The fourth-order valence-electron chi connectivity index (χ4n) is 2.84. The van der Waals surface area contributed by atoms with Gasteiger partial charge in [-0.25, -0.2) is 0 Å². The summed E-state index contributed by atoms with van der Waals surface area (Å²) in [5.74, 6) is 0.356. The standard InChI is InChI=1S/C22H26Cl2N2O3/c1-14(2)25-22(28)15(3)26(13-17-7-10-19(23)20(24)11-17)21(27)12-16-5-8-18(29-4)9-6-16/h5-11,14-15H,12-13H2,1-4H3,(H,25,28). The normalized spacial score (nSPS) is 11.8. The fraction of sp³-hybridized carbons (Fsp3) is 0.364. The molecule has 29 heavy (non-hydrogen) atoms. The SMILES string of the molecule is COc1ccc(CC(=O)N(Cc2ccc(Cl)c(Cl)c2)C(C)C(=O)NC(C)C)cc1. The summed E-state index contributed by atoms with van der Waals surface area (Å²) in [6.07, 6.45) is 0.171. The molecule has 2 rings (SSSR count). The molecule has 2 amide bonds. The quantitative estimate of drug-likeness (QED) is 0.662. The van der Waals surface area contributed by atoms with Crippen LogP contribution in [0.1, 0.15) is 31.9 Å². The second kappa shape index (κ2) is 10.5. The fourth-order valence-corrected chi connectivity index (χ4v) is 3.16. The van der Waals surface area contributed by atoms with Gasteiger partial charge >= 0.3 is 0 Å². The summed E-state index contributed by atoms with van der Waals surface area (Å²) in [5, 5.41) is 3.72. The smallest absolute Gasteiger partial charge is 0.242 e. The summed E-state index contributed by atoms with van der Waals surface area (Å²) in [4.78, 5) is 27.2. The van der Waals surface area contributed by atoms with Gasteiger partial charge in [0.2, 0.25) is 11.8 Å². The maximum Gasteiger partial charge on any atom is 0.242 e. The van der Waals surface area contributed by atoms with Crippen molar-refractivity contribution in [3.05, 3.63) is 63.6 Å². The molecule has 1 N–H and O–H groups in total. The predicted octanol–water partition coefficient (Wildman–Crippen LogP) is 4.49. The number of carbonyl (C=O) groups excluding carboxylic acids is 2. The number of nitrogens with one attached hydrogen (secondary N) is 1. The van der Waals surface area contributed by atoms with Crippen molar-refractivity contribution in [1.29, 1.82) is 0 Å². The molecule has 1 atom stereocenters. The zero-order chi connectivity index (χ0) is 21.6. The minimum Gasteiger partial charge on any atom is -0.497 e. The third-order valence-corrected chi connectivity index (χ3v) is 5.19. The van der Waals surface area contributed by atoms with Gasteiger partial charge in [-0.2, -0.15) is 0 Å². The van der Waals surface area contributed by atoms with Crippen molar-refractivity contribution in [2.45, 2.75) is 45.8 Å². The Morgan fingerprint density at radius 3 is 2.17 bits per heavy atom. The maximum atomic E-state index is 13.1. The number of benzene rings is 2. The minimum absolute atomic E-state index is 0.0199. The van der Waals surface area contributed by atoms with E-state index in [9.17, 15) is 9.59 Å². The Balaban J connectivity index is 2.24. The number of amides is 2. The summed E-state index contributed by atoms with van der Waals surface area (Å²) in [7, 11) is 1.59. The first-order chi connectivity index (χ1) is 13.7. The van der Waals surface area contributed by atoms with E-state index in [1.165, 1.54) is 0 Å². The van der Waals surface area contributed by atoms with Gasteiger partial charge in [0.15, 0.2) is 0 Å². The highest BCUT2D eigenvalue weighted by atomic mass is 35.5. The number of carbonyl (C=O) groups is 2. The number of hydrogen-bond donors (Lipinski definition) is 1. The van der Waals surface area contributed by atoms with Crippen molar-refractivity contribution in [2.75, 3.05) is 7.11 Å². The van der Waals surface area contributed by atoms with Crippen molar-refractivity contribution in [3.63, 3.8) is 0 Å². The molecule has 0 aliphatic heterocycles. The van der Waals surface area contributed by atoms with E-state index in [0.717, 1.165) is 16.9 Å². The second-order valence-electron chi connectivity index (χ2n) is 7.13. The molecule has 0 aliphatic carbocycles. The van der Waals surface area contributed by atoms with Gasteiger partial charge in [0, 0.05) is 12.6 Å². The lowest BCUT2D eigenvalue weighted by Crippen LogP contribution is -2.49. The van der Waals surface area contributed by atoms with E-state index in [1.54, 1.807) is 49.3 Å². The molecule has 0 fully saturated rings. The van der Waals surface area contributed by atoms with E-state index in [4.69, 9.17) is 27.9 Å². The van der Waals surface area contributed by atoms with Crippen molar-refractivity contribution in [3.8, 4) is 5.75 Å². The van der Waals surface area contributed by atoms with Crippen LogP contribution in [0.15, 0.2) is 42.5 Å². The maximum absolute atomic E-state index is 13.1. The van der Waals surface area contributed by atoms with E-state index < -0.39 is 6.04 Å². The molecule has 0 saturated heterocycles. The van der Waals surface area contributed by atoms with E-state index in [-0.39, 0.29) is 30.8 Å². The second-order valence-corrected chi connectivity index (χ2v) is 7.95. The van der Waals surface area contributed by atoms with Gasteiger partial charge in [-0.15, -0.1) is 0 Å². The highest BCUT2D eigenvalue weighted by molar-refractivity contribution is 6.42. The molecular formula is C22H26Cl2N2O3. The van der Waals surface area contributed by atoms with Crippen LogP contribution in [-0.2, 0) is 22.6 Å². The van der Waals surface area contributed by atoms with Gasteiger partial charge in [-0.1, -0.05) is 41.4 Å². The first kappa shape index (κ1) is 23.0. The Labute approximate surface area is 181 Å². The molecule has 0 radical (unpaired) electrons. The predicted molar refractivity (Wildman–Crippen MR) is 116 cm³/mol. The summed E-state index contributed by atoms with van der Waals surface area (Å²) in [6, 6.07) is 11.8. The zero-order valence-corrected chi connectivity index (χ0v) is 18.6. The van der Waals surface area contributed by atoms with Gasteiger partial charge in [-0.3, -0.25) is 9.59 Å². The topological polar surface area (TPSA) is 58.6 Å². The van der Waals surface area contributed by atoms with E-state index in [1.807, 2.05) is 26.0 Å². The molecule has 1 unspecified atom stereocenters. The van der Waals surface area contributed by atoms with Gasteiger partial charge in [0.05, 0.1) is 23.6 Å². The Bertz CT molecular complexity index is 854. The largest absolute Gasteiger partial charge is 0.497 e. The lowest BCUT2D eigenvalue weighted by atomic mass is 10.1. The lowest BCUT2D eigenvalue weighted by molar-refractivity contribution is -0.140. The van der Waals surface area contributed by atoms with Gasteiger partial charge in [0.1, 0.15) is 11.8 Å². The van der Waals surface area contributed by atoms with Crippen molar-refractivity contribution < 1.29 is 14.3 Å². The summed E-state index contributed by atoms with van der Waals surface area (Å²) >= 11 is 12.1. The number of ether oxygens (including phenoxy) is 1. The number of rotatable bonds is 8. The van der Waals surface area contributed by atoms with Crippen LogP contribution in [0.5, 0.6) is 5.75 Å². The summed E-state index contributed by atoms with van der Waals surface area (Å²) in [5.41, 5.74) is 1.64. The van der Waals surface area contributed by atoms with Crippen molar-refractivity contribution >= 4 is 35.0 Å². The third-order valence-electron chi connectivity index (χ3n) is 4.45. The van der Waals surface area contributed by atoms with Crippen LogP contribution in [0.25, 0.3) is 0 Å². The summed E-state index contributed by atoms with van der Waals surface area (Å²) < 4.78 is 5.16. The Morgan fingerprint density at radius 2 is 1.62 bits per heavy atom. The highest BCUT2D eigenvalue weighted by Crippen LogP contribution is 2.24. The Kier molecular flexibility index (Phi) is 8.35. The van der Waals surface area contributed by atoms with Crippen molar-refractivity contribution in [2.24, 2.45) is 0 Å². The van der Waals surface area contributed by atoms with Gasteiger partial charge < -0.3 is 15.0 Å². The number of halogens is 2. The number of hydrogen-bond acceptors (Lipinski definition) is 3. The van der Waals surface area contributed by atoms with Crippen LogP contribution in [-0.4, -0.2) is 35.9 Å². The van der Waals surface area contributed by atoms with Gasteiger partial charge in [0.25, 0.3) is 0 Å². The molecule has 0 saturated carbocycles. The molecule has 2 aromatic carbocycles. The van der Waals surface area contributed by atoms with Crippen LogP contribution in [0.4, 0.5) is 0 Å². The minimum atomic E-state index is -0.641. The zero-order valence-electron chi connectivity index (χ0n) is 17.0. The average molecular weight is 437 g/mol. The van der Waals surface area contributed by atoms with Crippen LogP contribution in [0.3, 0.4) is 0 Å². The average Bonchev–Trinajstić information content (AvgIpc) is 2.68. The molecule has 156 valence electrons. The van der Waals surface area contributed by atoms with E-state index in [0.29, 0.717) is 10.0 Å². The molecular weight excluding hydrogens is 411 g/mol. The van der Waals surface area contributed by atoms with Crippen LogP contribution < -0.4 is 10.1 Å².